The van der Waals surface area contributed by atoms with Crippen molar-refractivity contribution in [1.82, 2.24) is 20.9 Å². The molecule has 0 bridgehead atoms. The molecule has 0 aromatic carbocycles. The number of hydrazone groups is 1. The number of nitrogens with one attached hydrogen (secondary N) is 3. The molecule has 106 valence electrons. The molecule has 1 aromatic heterocycles. The van der Waals surface area contributed by atoms with Crippen molar-refractivity contribution < 1.29 is 14.0 Å². The van der Waals surface area contributed by atoms with Crippen LogP contribution in [0.3, 0.4) is 0 Å². The standard InChI is InChI=1S/C11H14N6O3/c18-8-4-3-6(14-15-8)9(19)13-11-17-16-10(20-11)7-2-1-5-12-7/h7,12H,1-5H2,(H,15,18)(H,13,17,19). The molecule has 1 atom stereocenters. The highest BCUT2D eigenvalue weighted by atomic mass is 16.4. The number of hydrogen-bond donors (Lipinski definition) is 3. The van der Waals surface area contributed by atoms with Gasteiger partial charge in [-0.05, 0) is 19.4 Å². The Labute approximate surface area is 114 Å². The zero-order valence-electron chi connectivity index (χ0n) is 10.7. The van der Waals surface area contributed by atoms with Gasteiger partial charge in [0, 0.05) is 12.8 Å². The fraction of sp³-hybridized carbons (Fsp3) is 0.545. The van der Waals surface area contributed by atoms with Crippen molar-refractivity contribution in [3.8, 4) is 0 Å². The normalized spacial score (nSPS) is 22.3. The lowest BCUT2D eigenvalue weighted by atomic mass is 10.2. The van der Waals surface area contributed by atoms with Gasteiger partial charge in [0.05, 0.1) is 6.04 Å². The van der Waals surface area contributed by atoms with Crippen molar-refractivity contribution in [2.75, 3.05) is 11.9 Å². The van der Waals surface area contributed by atoms with Crippen molar-refractivity contribution in [2.45, 2.75) is 31.7 Å². The van der Waals surface area contributed by atoms with Gasteiger partial charge in [0.1, 0.15) is 5.71 Å². The van der Waals surface area contributed by atoms with E-state index in [2.05, 4.69) is 31.4 Å². The van der Waals surface area contributed by atoms with Gasteiger partial charge in [-0.3, -0.25) is 14.9 Å². The minimum Gasteiger partial charge on any atom is -0.406 e. The molecule has 2 aliphatic heterocycles. The van der Waals surface area contributed by atoms with E-state index in [0.29, 0.717) is 12.3 Å². The summed E-state index contributed by atoms with van der Waals surface area (Å²) in [6, 6.07) is 0.0951. The molecule has 1 unspecified atom stereocenters. The molecule has 20 heavy (non-hydrogen) atoms. The molecule has 3 heterocycles. The van der Waals surface area contributed by atoms with Crippen LogP contribution in [0.4, 0.5) is 6.01 Å². The van der Waals surface area contributed by atoms with Gasteiger partial charge in [-0.15, -0.1) is 5.10 Å². The fourth-order valence-electron chi connectivity index (χ4n) is 2.13. The van der Waals surface area contributed by atoms with Gasteiger partial charge < -0.3 is 9.73 Å². The zero-order valence-corrected chi connectivity index (χ0v) is 10.7. The number of aromatic nitrogens is 2. The lowest BCUT2D eigenvalue weighted by molar-refractivity contribution is -0.121. The second kappa shape index (κ2) is 5.37. The molecule has 0 saturated carbocycles. The third kappa shape index (κ3) is 2.67. The first-order valence-corrected chi connectivity index (χ1v) is 6.46. The maximum absolute atomic E-state index is 11.9. The average Bonchev–Trinajstić information content (AvgIpc) is 3.09. The first-order valence-electron chi connectivity index (χ1n) is 6.46. The summed E-state index contributed by atoms with van der Waals surface area (Å²) in [5.41, 5.74) is 2.50. The summed E-state index contributed by atoms with van der Waals surface area (Å²) in [7, 11) is 0. The quantitative estimate of drug-likeness (QED) is 0.697. The minimum absolute atomic E-state index is 0.0401. The molecule has 2 aliphatic rings. The van der Waals surface area contributed by atoms with Gasteiger partial charge in [-0.2, -0.15) is 5.10 Å². The molecule has 0 aliphatic carbocycles. The van der Waals surface area contributed by atoms with Crippen LogP contribution in [0.25, 0.3) is 0 Å². The predicted molar refractivity (Wildman–Crippen MR) is 67.7 cm³/mol. The number of nitrogens with zero attached hydrogens (tertiary/aromatic N) is 3. The van der Waals surface area contributed by atoms with Crippen molar-refractivity contribution in [3.05, 3.63) is 5.89 Å². The Balaban J connectivity index is 1.63. The van der Waals surface area contributed by atoms with Gasteiger partial charge in [-0.25, -0.2) is 5.43 Å². The van der Waals surface area contributed by atoms with Crippen molar-refractivity contribution >= 4 is 23.5 Å². The molecule has 9 heteroatoms. The largest absolute Gasteiger partial charge is 0.406 e. The van der Waals surface area contributed by atoms with E-state index in [1.165, 1.54) is 0 Å². The molecule has 9 nitrogen and oxygen atoms in total. The summed E-state index contributed by atoms with van der Waals surface area (Å²) in [4.78, 5) is 22.8. The molecular weight excluding hydrogens is 264 g/mol. The summed E-state index contributed by atoms with van der Waals surface area (Å²) < 4.78 is 5.39. The second-order valence-electron chi connectivity index (χ2n) is 4.64. The first kappa shape index (κ1) is 12.7. The molecule has 2 amide bonds. The molecule has 3 N–H and O–H groups in total. The van der Waals surface area contributed by atoms with Gasteiger partial charge in [0.2, 0.25) is 11.8 Å². The summed E-state index contributed by atoms with van der Waals surface area (Å²) in [6.45, 7) is 0.922. The Kier molecular flexibility index (Phi) is 3.42. The van der Waals surface area contributed by atoms with Crippen LogP contribution in [0.5, 0.6) is 0 Å². The van der Waals surface area contributed by atoms with E-state index >= 15 is 0 Å². The van der Waals surface area contributed by atoms with Crippen LogP contribution in [0.1, 0.15) is 37.6 Å². The van der Waals surface area contributed by atoms with Crippen LogP contribution in [-0.2, 0) is 9.59 Å². The SMILES string of the molecule is O=C1CCC(C(=O)Nc2nnc(C3CCCN3)o2)=NN1. The van der Waals surface area contributed by atoms with Crippen LogP contribution in [0.15, 0.2) is 9.52 Å². The second-order valence-corrected chi connectivity index (χ2v) is 4.64. The van der Waals surface area contributed by atoms with Crippen LogP contribution >= 0.6 is 0 Å². The van der Waals surface area contributed by atoms with E-state index in [1.54, 1.807) is 0 Å². The fourth-order valence-corrected chi connectivity index (χ4v) is 2.13. The highest BCUT2D eigenvalue weighted by Crippen LogP contribution is 2.22. The number of amides is 2. The lowest BCUT2D eigenvalue weighted by Crippen LogP contribution is -2.32. The maximum Gasteiger partial charge on any atom is 0.322 e. The molecule has 1 fully saturated rings. The Morgan fingerprint density at radius 2 is 2.25 bits per heavy atom. The van der Waals surface area contributed by atoms with Gasteiger partial charge in [0.25, 0.3) is 5.91 Å². The molecule has 0 spiro atoms. The van der Waals surface area contributed by atoms with Crippen molar-refractivity contribution in [3.63, 3.8) is 0 Å². The Bertz CT molecular complexity index is 560. The third-order valence-electron chi connectivity index (χ3n) is 3.19. The highest BCUT2D eigenvalue weighted by molar-refractivity contribution is 6.43. The number of hydrogen-bond acceptors (Lipinski definition) is 7. The van der Waals surface area contributed by atoms with Crippen molar-refractivity contribution in [2.24, 2.45) is 5.10 Å². The number of carbonyl (C=O) groups excluding carboxylic acids is 2. The van der Waals surface area contributed by atoms with E-state index in [4.69, 9.17) is 4.42 Å². The van der Waals surface area contributed by atoms with E-state index < -0.39 is 5.91 Å². The van der Waals surface area contributed by atoms with Gasteiger partial charge in [-0.1, -0.05) is 5.10 Å². The summed E-state index contributed by atoms with van der Waals surface area (Å²) in [5.74, 6) is -0.176. The predicted octanol–water partition coefficient (Wildman–Crippen LogP) is -0.301. The van der Waals surface area contributed by atoms with Crippen LogP contribution in [-0.4, -0.2) is 34.3 Å². The van der Waals surface area contributed by atoms with Gasteiger partial charge in [0.15, 0.2) is 0 Å². The molecular formula is C11H14N6O3. The van der Waals surface area contributed by atoms with E-state index in [1.807, 2.05) is 0 Å². The zero-order chi connectivity index (χ0) is 13.9. The summed E-state index contributed by atoms with van der Waals surface area (Å²) in [5, 5.41) is 17.1. The lowest BCUT2D eigenvalue weighted by Gasteiger charge is -2.10. The summed E-state index contributed by atoms with van der Waals surface area (Å²) in [6.07, 6.45) is 2.54. The Morgan fingerprint density at radius 1 is 1.35 bits per heavy atom. The average molecular weight is 278 g/mol. The molecule has 3 rings (SSSR count). The van der Waals surface area contributed by atoms with Crippen LogP contribution in [0, 0.1) is 0 Å². The topological polar surface area (TPSA) is 122 Å². The summed E-state index contributed by atoms with van der Waals surface area (Å²) >= 11 is 0. The Morgan fingerprint density at radius 3 is 2.95 bits per heavy atom. The number of rotatable bonds is 3. The molecule has 1 aromatic rings. The number of carbonyl (C=O) groups is 2. The maximum atomic E-state index is 11.9. The minimum atomic E-state index is -0.445. The van der Waals surface area contributed by atoms with Crippen molar-refractivity contribution in [1.29, 1.82) is 0 Å². The third-order valence-corrected chi connectivity index (χ3v) is 3.19. The first-order chi connectivity index (χ1) is 9.72. The highest BCUT2D eigenvalue weighted by Gasteiger charge is 2.24. The molecule has 0 radical (unpaired) electrons. The van der Waals surface area contributed by atoms with E-state index in [0.717, 1.165) is 19.4 Å². The van der Waals surface area contributed by atoms with Crippen LogP contribution in [0.2, 0.25) is 0 Å². The molecule has 1 saturated heterocycles. The van der Waals surface area contributed by atoms with E-state index in [9.17, 15) is 9.59 Å². The smallest absolute Gasteiger partial charge is 0.322 e. The Hall–Kier alpha value is -2.29. The van der Waals surface area contributed by atoms with Crippen LogP contribution < -0.4 is 16.1 Å². The van der Waals surface area contributed by atoms with Gasteiger partial charge >= 0.3 is 6.01 Å². The number of anilines is 1. The van der Waals surface area contributed by atoms with E-state index in [-0.39, 0.29) is 30.1 Å². The monoisotopic (exact) mass is 278 g/mol.